The van der Waals surface area contributed by atoms with E-state index in [9.17, 15) is 9.59 Å². The van der Waals surface area contributed by atoms with Crippen LogP contribution in [0.2, 0.25) is 0 Å². The Balaban J connectivity index is 1.39. The van der Waals surface area contributed by atoms with Crippen LogP contribution in [-0.2, 0) is 9.59 Å². The molecule has 0 spiro atoms. The first-order valence-corrected chi connectivity index (χ1v) is 9.31. The third-order valence-electron chi connectivity index (χ3n) is 5.95. The summed E-state index contributed by atoms with van der Waals surface area (Å²) in [7, 11) is 0. The van der Waals surface area contributed by atoms with Gasteiger partial charge in [0.1, 0.15) is 0 Å². The molecule has 2 amide bonds. The minimum absolute atomic E-state index is 0.0840. The minimum atomic E-state index is 0.0840. The van der Waals surface area contributed by atoms with Crippen molar-refractivity contribution in [2.45, 2.75) is 76.7 Å². The highest BCUT2D eigenvalue weighted by molar-refractivity contribution is 5.84. The Hall–Kier alpha value is -1.06. The van der Waals surface area contributed by atoms with Gasteiger partial charge in [0.2, 0.25) is 11.8 Å². The van der Waals surface area contributed by atoms with Crippen LogP contribution in [0.5, 0.6) is 0 Å². The molecule has 3 atom stereocenters. The summed E-state index contributed by atoms with van der Waals surface area (Å²) in [6.45, 7) is 1.76. The molecule has 1 aliphatic heterocycles. The molecule has 1 N–H and O–H groups in total. The van der Waals surface area contributed by atoms with Gasteiger partial charge in [0.05, 0.1) is 0 Å². The first-order chi connectivity index (χ1) is 10.7. The Morgan fingerprint density at radius 1 is 0.864 bits per heavy atom. The molecule has 0 aromatic heterocycles. The van der Waals surface area contributed by atoms with Gasteiger partial charge in [0, 0.05) is 32.0 Å². The van der Waals surface area contributed by atoms with Gasteiger partial charge in [-0.1, -0.05) is 25.7 Å². The van der Waals surface area contributed by atoms with Crippen molar-refractivity contribution in [2.75, 3.05) is 13.1 Å². The van der Waals surface area contributed by atoms with E-state index in [-0.39, 0.29) is 11.8 Å². The molecule has 0 aromatic rings. The fourth-order valence-electron chi connectivity index (χ4n) is 4.72. The Morgan fingerprint density at radius 2 is 1.64 bits per heavy atom. The summed E-state index contributed by atoms with van der Waals surface area (Å²) < 4.78 is 0. The van der Waals surface area contributed by atoms with Crippen molar-refractivity contribution in [3.05, 3.63) is 0 Å². The van der Waals surface area contributed by atoms with Crippen LogP contribution in [0.3, 0.4) is 0 Å². The normalized spacial score (nSPS) is 31.6. The maximum Gasteiger partial charge on any atom is 0.223 e. The van der Waals surface area contributed by atoms with Gasteiger partial charge in [0.25, 0.3) is 0 Å². The van der Waals surface area contributed by atoms with Crippen molar-refractivity contribution >= 4 is 11.8 Å². The number of likely N-dealkylation sites (tertiary alicyclic amines) is 1. The van der Waals surface area contributed by atoms with Gasteiger partial charge in [-0.15, -0.1) is 0 Å². The molecule has 1 heterocycles. The molecule has 124 valence electrons. The zero-order valence-electron chi connectivity index (χ0n) is 13.7. The second kappa shape index (κ2) is 7.47. The van der Waals surface area contributed by atoms with Crippen molar-refractivity contribution in [2.24, 2.45) is 11.8 Å². The molecular formula is C18H30N2O2. The Labute approximate surface area is 134 Å². The summed E-state index contributed by atoms with van der Waals surface area (Å²) in [5.41, 5.74) is 0. The molecule has 2 saturated carbocycles. The summed E-state index contributed by atoms with van der Waals surface area (Å²) in [5, 5.41) is 3.21. The van der Waals surface area contributed by atoms with E-state index in [4.69, 9.17) is 0 Å². The van der Waals surface area contributed by atoms with E-state index in [2.05, 4.69) is 5.32 Å². The average molecular weight is 306 g/mol. The second-order valence-electron chi connectivity index (χ2n) is 7.40. The van der Waals surface area contributed by atoms with Crippen LogP contribution >= 0.6 is 0 Å². The van der Waals surface area contributed by atoms with E-state index in [0.717, 1.165) is 38.3 Å². The average Bonchev–Trinajstić information content (AvgIpc) is 3.01. The van der Waals surface area contributed by atoms with E-state index in [0.29, 0.717) is 24.8 Å². The van der Waals surface area contributed by atoms with Gasteiger partial charge >= 0.3 is 0 Å². The fraction of sp³-hybridized carbons (Fsp3) is 0.889. The SMILES string of the molecule is O=C(CCC(=O)N1CCCCCC1)N[C@H]1CC[C@@H]2CCC[C@@H]21. The molecule has 22 heavy (non-hydrogen) atoms. The number of amides is 2. The lowest BCUT2D eigenvalue weighted by atomic mass is 9.97. The van der Waals surface area contributed by atoms with Gasteiger partial charge in [0.15, 0.2) is 0 Å². The van der Waals surface area contributed by atoms with E-state index >= 15 is 0 Å². The lowest BCUT2D eigenvalue weighted by molar-refractivity contribution is -0.133. The molecule has 2 aliphatic carbocycles. The standard InChI is InChI=1S/C18H30N2O2/c21-17(19-16-9-8-14-6-5-7-15(14)16)10-11-18(22)20-12-3-1-2-4-13-20/h14-16H,1-13H2,(H,19,21)/t14-,15-,16-/m0/s1. The number of rotatable bonds is 4. The second-order valence-corrected chi connectivity index (χ2v) is 7.40. The van der Waals surface area contributed by atoms with Crippen LogP contribution in [0, 0.1) is 11.8 Å². The van der Waals surface area contributed by atoms with E-state index in [1.807, 2.05) is 4.90 Å². The maximum absolute atomic E-state index is 12.2. The quantitative estimate of drug-likeness (QED) is 0.868. The largest absolute Gasteiger partial charge is 0.353 e. The third kappa shape index (κ3) is 3.82. The summed E-state index contributed by atoms with van der Waals surface area (Å²) in [6.07, 6.45) is 11.8. The third-order valence-corrected chi connectivity index (χ3v) is 5.95. The van der Waals surface area contributed by atoms with Crippen molar-refractivity contribution < 1.29 is 9.59 Å². The monoisotopic (exact) mass is 306 g/mol. The molecule has 4 heteroatoms. The highest BCUT2D eigenvalue weighted by Crippen LogP contribution is 2.43. The summed E-state index contributed by atoms with van der Waals surface area (Å²) >= 11 is 0. The number of hydrogen-bond donors (Lipinski definition) is 1. The number of carbonyl (C=O) groups is 2. The topological polar surface area (TPSA) is 49.4 Å². The first-order valence-electron chi connectivity index (χ1n) is 9.31. The molecule has 0 radical (unpaired) electrons. The van der Waals surface area contributed by atoms with Crippen LogP contribution in [0.4, 0.5) is 0 Å². The van der Waals surface area contributed by atoms with Crippen molar-refractivity contribution in [3.8, 4) is 0 Å². The van der Waals surface area contributed by atoms with Crippen molar-refractivity contribution in [1.29, 1.82) is 0 Å². The highest BCUT2D eigenvalue weighted by Gasteiger charge is 2.39. The number of hydrogen-bond acceptors (Lipinski definition) is 2. The number of nitrogens with one attached hydrogen (secondary N) is 1. The molecule has 0 aromatic carbocycles. The predicted molar refractivity (Wildman–Crippen MR) is 86.3 cm³/mol. The van der Waals surface area contributed by atoms with Crippen molar-refractivity contribution in [3.63, 3.8) is 0 Å². The number of fused-ring (bicyclic) bond motifs is 1. The predicted octanol–water partition coefficient (Wildman–Crippen LogP) is 2.86. The van der Waals surface area contributed by atoms with E-state index in [1.54, 1.807) is 0 Å². The van der Waals surface area contributed by atoms with Gasteiger partial charge < -0.3 is 10.2 Å². The zero-order chi connectivity index (χ0) is 15.4. The van der Waals surface area contributed by atoms with Gasteiger partial charge in [-0.3, -0.25) is 9.59 Å². The molecule has 3 aliphatic rings. The molecule has 0 unspecified atom stereocenters. The molecule has 3 rings (SSSR count). The molecule has 0 bridgehead atoms. The summed E-state index contributed by atoms with van der Waals surface area (Å²) in [6, 6.07) is 0.383. The van der Waals surface area contributed by atoms with Gasteiger partial charge in [-0.05, 0) is 43.9 Å². The number of nitrogens with zero attached hydrogens (tertiary/aromatic N) is 1. The van der Waals surface area contributed by atoms with E-state index in [1.165, 1.54) is 38.5 Å². The summed E-state index contributed by atoms with van der Waals surface area (Å²) in [5.74, 6) is 1.82. The van der Waals surface area contributed by atoms with Crippen LogP contribution in [0.15, 0.2) is 0 Å². The van der Waals surface area contributed by atoms with Crippen LogP contribution in [0.25, 0.3) is 0 Å². The van der Waals surface area contributed by atoms with E-state index < -0.39 is 0 Å². The van der Waals surface area contributed by atoms with Crippen LogP contribution in [0.1, 0.15) is 70.6 Å². The lowest BCUT2D eigenvalue weighted by Gasteiger charge is -2.22. The minimum Gasteiger partial charge on any atom is -0.353 e. The van der Waals surface area contributed by atoms with Crippen molar-refractivity contribution in [1.82, 2.24) is 10.2 Å². The van der Waals surface area contributed by atoms with Gasteiger partial charge in [-0.2, -0.15) is 0 Å². The van der Waals surface area contributed by atoms with Crippen LogP contribution in [-0.4, -0.2) is 35.8 Å². The van der Waals surface area contributed by atoms with Gasteiger partial charge in [-0.25, -0.2) is 0 Å². The lowest BCUT2D eigenvalue weighted by Crippen LogP contribution is -2.38. The van der Waals surface area contributed by atoms with Crippen LogP contribution < -0.4 is 5.32 Å². The Morgan fingerprint density at radius 3 is 2.41 bits per heavy atom. The Kier molecular flexibility index (Phi) is 5.37. The fourth-order valence-corrected chi connectivity index (χ4v) is 4.72. The smallest absolute Gasteiger partial charge is 0.223 e. The molecule has 1 saturated heterocycles. The molecule has 4 nitrogen and oxygen atoms in total. The highest BCUT2D eigenvalue weighted by atomic mass is 16.2. The zero-order valence-corrected chi connectivity index (χ0v) is 13.7. The Bertz CT molecular complexity index is 402. The maximum atomic E-state index is 12.2. The molecule has 3 fully saturated rings. The summed E-state index contributed by atoms with van der Waals surface area (Å²) in [4.78, 5) is 26.3. The first kappa shape index (κ1) is 15.8. The number of carbonyl (C=O) groups excluding carboxylic acids is 2. The molecular weight excluding hydrogens is 276 g/mol.